The number of rotatable bonds is 4. The van der Waals surface area contributed by atoms with Crippen molar-refractivity contribution in [2.45, 2.75) is 27.7 Å². The first-order chi connectivity index (χ1) is 11.3. The number of hydrazone groups is 1. The Labute approximate surface area is 140 Å². The summed E-state index contributed by atoms with van der Waals surface area (Å²) in [6, 6.07) is 9.64. The molecule has 6 nitrogen and oxygen atoms in total. The van der Waals surface area contributed by atoms with E-state index in [4.69, 9.17) is 0 Å². The second kappa shape index (κ2) is 7.04. The summed E-state index contributed by atoms with van der Waals surface area (Å²) >= 11 is 0. The van der Waals surface area contributed by atoms with Crippen LogP contribution in [0.1, 0.15) is 39.5 Å². The maximum atomic E-state index is 12.1. The van der Waals surface area contributed by atoms with Crippen molar-refractivity contribution in [1.29, 1.82) is 0 Å². The fraction of sp³-hybridized carbons (Fsp3) is 0.222. The number of amides is 1. The lowest BCUT2D eigenvalue weighted by molar-refractivity contribution is -0.384. The lowest BCUT2D eigenvalue weighted by Crippen LogP contribution is -2.19. The average Bonchev–Trinajstić information content (AvgIpc) is 2.55. The molecule has 0 bridgehead atoms. The van der Waals surface area contributed by atoms with E-state index in [1.165, 1.54) is 29.8 Å². The van der Waals surface area contributed by atoms with Crippen molar-refractivity contribution in [2.24, 2.45) is 5.10 Å². The smallest absolute Gasteiger partial charge is 0.267 e. The van der Waals surface area contributed by atoms with Crippen molar-refractivity contribution in [2.75, 3.05) is 0 Å². The molecule has 0 aliphatic carbocycles. The van der Waals surface area contributed by atoms with Crippen LogP contribution in [0.15, 0.2) is 41.5 Å². The zero-order valence-corrected chi connectivity index (χ0v) is 14.1. The van der Waals surface area contributed by atoms with E-state index in [1.807, 2.05) is 33.8 Å². The van der Waals surface area contributed by atoms with E-state index in [-0.39, 0.29) is 11.3 Å². The van der Waals surface area contributed by atoms with Gasteiger partial charge in [0.15, 0.2) is 0 Å². The fourth-order valence-corrected chi connectivity index (χ4v) is 2.37. The summed E-state index contributed by atoms with van der Waals surface area (Å²) < 4.78 is 0. The van der Waals surface area contributed by atoms with Gasteiger partial charge in [0.1, 0.15) is 0 Å². The summed E-state index contributed by atoms with van der Waals surface area (Å²) in [4.78, 5) is 22.4. The molecular formula is C18H19N3O3. The molecule has 2 aromatic rings. The lowest BCUT2D eigenvalue weighted by Gasteiger charge is -2.10. The van der Waals surface area contributed by atoms with Crippen molar-refractivity contribution in [3.8, 4) is 0 Å². The maximum Gasteiger partial charge on any atom is 0.271 e. The highest BCUT2D eigenvalue weighted by Crippen LogP contribution is 2.16. The Balaban J connectivity index is 2.21. The molecule has 0 fully saturated rings. The summed E-state index contributed by atoms with van der Waals surface area (Å²) in [5.41, 5.74) is 7.56. The van der Waals surface area contributed by atoms with E-state index in [9.17, 15) is 14.9 Å². The molecule has 0 saturated carbocycles. The predicted molar refractivity (Wildman–Crippen MR) is 93.4 cm³/mol. The molecule has 0 spiro atoms. The minimum atomic E-state index is -0.538. The molecule has 0 atom stereocenters. The minimum absolute atomic E-state index is 0.131. The number of carbonyl (C=O) groups is 1. The van der Waals surface area contributed by atoms with E-state index in [0.717, 1.165) is 16.7 Å². The van der Waals surface area contributed by atoms with Crippen LogP contribution in [0.2, 0.25) is 0 Å². The van der Waals surface area contributed by atoms with Gasteiger partial charge >= 0.3 is 0 Å². The van der Waals surface area contributed by atoms with Crippen LogP contribution in [0.4, 0.5) is 5.69 Å². The molecule has 2 aromatic carbocycles. The first kappa shape index (κ1) is 17.3. The van der Waals surface area contributed by atoms with Crippen molar-refractivity contribution in [3.05, 3.63) is 74.3 Å². The number of aryl methyl sites for hydroxylation is 3. The summed E-state index contributed by atoms with van der Waals surface area (Å²) in [7, 11) is 0. The third kappa shape index (κ3) is 3.84. The molecule has 1 amide bonds. The molecule has 0 unspecified atom stereocenters. The monoisotopic (exact) mass is 325 g/mol. The van der Waals surface area contributed by atoms with E-state index in [2.05, 4.69) is 16.6 Å². The summed E-state index contributed by atoms with van der Waals surface area (Å²) in [5.74, 6) is -0.487. The van der Waals surface area contributed by atoms with Crippen molar-refractivity contribution >= 4 is 17.3 Å². The van der Waals surface area contributed by atoms with Gasteiger partial charge in [0.2, 0.25) is 0 Å². The van der Waals surface area contributed by atoms with Gasteiger partial charge in [-0.3, -0.25) is 14.9 Å². The molecule has 0 saturated heterocycles. The normalized spacial score (nSPS) is 11.2. The molecule has 0 aliphatic heterocycles. The molecule has 24 heavy (non-hydrogen) atoms. The molecule has 0 radical (unpaired) electrons. The van der Waals surface area contributed by atoms with Gasteiger partial charge in [0.25, 0.3) is 11.6 Å². The fourth-order valence-electron chi connectivity index (χ4n) is 2.37. The number of benzene rings is 2. The summed E-state index contributed by atoms with van der Waals surface area (Å²) in [5, 5.41) is 14.9. The number of nitrogens with one attached hydrogen (secondary N) is 1. The molecule has 124 valence electrons. The van der Waals surface area contributed by atoms with Gasteiger partial charge in [-0.2, -0.15) is 5.10 Å². The Hall–Kier alpha value is -3.02. The number of carbonyl (C=O) groups excluding carboxylic acids is 1. The Morgan fingerprint density at radius 1 is 1.08 bits per heavy atom. The standard InChI is InChI=1S/C18H19N3O3/c1-11-8-13(3)17(9-12(11)2)14(4)19-20-18(22)15-6-5-7-16(10-15)21(23)24/h5-10H,1-4H3,(H,20,22)/b19-14-. The van der Waals surface area contributed by atoms with Crippen LogP contribution in [-0.4, -0.2) is 16.5 Å². The highest BCUT2D eigenvalue weighted by Gasteiger charge is 2.11. The molecule has 1 N–H and O–H groups in total. The van der Waals surface area contributed by atoms with Gasteiger partial charge in [-0.05, 0) is 56.5 Å². The summed E-state index contributed by atoms with van der Waals surface area (Å²) in [6.07, 6.45) is 0. The van der Waals surface area contributed by atoms with E-state index >= 15 is 0 Å². The quantitative estimate of drug-likeness (QED) is 0.529. The summed E-state index contributed by atoms with van der Waals surface area (Å²) in [6.45, 7) is 7.86. The van der Waals surface area contributed by atoms with Crippen LogP contribution >= 0.6 is 0 Å². The number of non-ortho nitro benzene ring substituents is 1. The topological polar surface area (TPSA) is 84.6 Å². The van der Waals surface area contributed by atoms with Gasteiger partial charge in [0.05, 0.1) is 10.6 Å². The van der Waals surface area contributed by atoms with Crippen LogP contribution in [0, 0.1) is 30.9 Å². The Morgan fingerprint density at radius 2 is 1.75 bits per heavy atom. The van der Waals surface area contributed by atoms with Crippen LogP contribution in [-0.2, 0) is 0 Å². The van der Waals surface area contributed by atoms with Gasteiger partial charge in [-0.25, -0.2) is 5.43 Å². The molecule has 2 rings (SSSR count). The van der Waals surface area contributed by atoms with Gasteiger partial charge in [-0.1, -0.05) is 12.1 Å². The first-order valence-corrected chi connectivity index (χ1v) is 7.47. The third-order valence-electron chi connectivity index (χ3n) is 3.87. The van der Waals surface area contributed by atoms with Gasteiger partial charge in [-0.15, -0.1) is 0 Å². The van der Waals surface area contributed by atoms with Crippen LogP contribution in [0.5, 0.6) is 0 Å². The number of nitro groups is 1. The lowest BCUT2D eigenvalue weighted by atomic mass is 9.98. The second-order valence-electron chi connectivity index (χ2n) is 5.70. The van der Waals surface area contributed by atoms with E-state index < -0.39 is 10.8 Å². The molecule has 0 heterocycles. The number of hydrogen-bond acceptors (Lipinski definition) is 4. The second-order valence-corrected chi connectivity index (χ2v) is 5.70. The number of nitrogens with zero attached hydrogens (tertiary/aromatic N) is 2. The average molecular weight is 325 g/mol. The van der Waals surface area contributed by atoms with E-state index in [0.29, 0.717) is 5.71 Å². The zero-order chi connectivity index (χ0) is 17.9. The Morgan fingerprint density at radius 3 is 2.42 bits per heavy atom. The Bertz CT molecular complexity index is 841. The van der Waals surface area contributed by atoms with Crippen LogP contribution in [0.25, 0.3) is 0 Å². The third-order valence-corrected chi connectivity index (χ3v) is 3.87. The number of hydrogen-bond donors (Lipinski definition) is 1. The molecule has 0 aromatic heterocycles. The van der Waals surface area contributed by atoms with Crippen LogP contribution < -0.4 is 5.43 Å². The molecular weight excluding hydrogens is 306 g/mol. The molecule has 6 heteroatoms. The predicted octanol–water partition coefficient (Wildman–Crippen LogP) is 3.67. The highest BCUT2D eigenvalue weighted by molar-refractivity contribution is 6.02. The highest BCUT2D eigenvalue weighted by atomic mass is 16.6. The first-order valence-electron chi connectivity index (χ1n) is 7.47. The largest absolute Gasteiger partial charge is 0.271 e. The van der Waals surface area contributed by atoms with E-state index in [1.54, 1.807) is 0 Å². The maximum absolute atomic E-state index is 12.1. The minimum Gasteiger partial charge on any atom is -0.267 e. The molecule has 0 aliphatic rings. The zero-order valence-electron chi connectivity index (χ0n) is 14.1. The van der Waals surface area contributed by atoms with Gasteiger partial charge < -0.3 is 0 Å². The SMILES string of the molecule is C/C(=N/NC(=O)c1cccc([N+](=O)[O-])c1)c1cc(C)c(C)cc1C. The Kier molecular flexibility index (Phi) is 5.08. The van der Waals surface area contributed by atoms with Gasteiger partial charge in [0, 0.05) is 23.3 Å². The van der Waals surface area contributed by atoms with Crippen molar-refractivity contribution in [3.63, 3.8) is 0 Å². The van der Waals surface area contributed by atoms with Crippen molar-refractivity contribution < 1.29 is 9.72 Å². The van der Waals surface area contributed by atoms with Crippen LogP contribution in [0.3, 0.4) is 0 Å². The van der Waals surface area contributed by atoms with Crippen molar-refractivity contribution in [1.82, 2.24) is 5.43 Å². The number of nitro benzene ring substituents is 1.